The number of hydrogen-bond acceptors (Lipinski definition) is 7. The predicted molar refractivity (Wildman–Crippen MR) is 154 cm³/mol. The second-order valence-corrected chi connectivity index (χ2v) is 12.3. The van der Waals surface area contributed by atoms with Crippen molar-refractivity contribution in [1.82, 2.24) is 15.2 Å². The number of para-hydroxylation sites is 1. The van der Waals surface area contributed by atoms with Crippen LogP contribution in [0, 0.1) is 6.92 Å². The number of sulfonamides is 1. The molecule has 2 N–H and O–H groups in total. The number of piperazine rings is 1. The lowest BCUT2D eigenvalue weighted by atomic mass is 10.2. The first kappa shape index (κ1) is 26.4. The van der Waals surface area contributed by atoms with E-state index in [1.54, 1.807) is 59.9 Å². The van der Waals surface area contributed by atoms with Gasteiger partial charge in [-0.1, -0.05) is 52.8 Å². The van der Waals surface area contributed by atoms with Crippen LogP contribution in [0.1, 0.15) is 15.9 Å². The highest BCUT2D eigenvalue weighted by molar-refractivity contribution is 7.92. The summed E-state index contributed by atoms with van der Waals surface area (Å²) in [4.78, 5) is 22.2. The van der Waals surface area contributed by atoms with Gasteiger partial charge < -0.3 is 10.2 Å². The van der Waals surface area contributed by atoms with E-state index in [9.17, 15) is 13.2 Å². The van der Waals surface area contributed by atoms with Crippen LogP contribution in [0.3, 0.4) is 0 Å². The summed E-state index contributed by atoms with van der Waals surface area (Å²) in [6, 6.07) is 19.0. The van der Waals surface area contributed by atoms with Gasteiger partial charge in [-0.3, -0.25) is 14.4 Å². The van der Waals surface area contributed by atoms with Crippen molar-refractivity contribution in [1.29, 1.82) is 0 Å². The summed E-state index contributed by atoms with van der Waals surface area (Å²) in [5.41, 5.74) is 2.56. The lowest BCUT2D eigenvalue weighted by molar-refractivity contribution is 0.0948. The SMILES string of the molecule is Cc1ccc(S(=O)(=O)Nc2cccc(C(=O)NCCN3CCN(c4nc5c(Cl)cccc5s4)CC3)c2)cc1. The molecule has 1 aliphatic rings. The fraction of sp³-hybridized carbons (Fsp3) is 0.259. The summed E-state index contributed by atoms with van der Waals surface area (Å²) < 4.78 is 29.0. The number of halogens is 1. The van der Waals surface area contributed by atoms with E-state index in [0.29, 0.717) is 22.8 Å². The Hall–Kier alpha value is -3.18. The number of carbonyl (C=O) groups is 1. The van der Waals surface area contributed by atoms with Crippen LogP contribution in [-0.2, 0) is 10.0 Å². The summed E-state index contributed by atoms with van der Waals surface area (Å²) in [5.74, 6) is -0.244. The number of hydrogen-bond donors (Lipinski definition) is 2. The molecule has 0 aliphatic carbocycles. The third kappa shape index (κ3) is 6.10. The molecule has 0 bridgehead atoms. The largest absolute Gasteiger partial charge is 0.351 e. The standard InChI is InChI=1S/C27H28ClN5O3S2/c1-19-8-10-22(11-9-19)38(35,36)31-21-5-2-4-20(18-21)26(34)29-12-13-32-14-16-33(17-15-32)27-30-25-23(28)6-3-7-24(25)37-27/h2-11,18,31H,12-17H2,1H3,(H,29,34). The maximum atomic E-state index is 12.7. The molecule has 1 saturated heterocycles. The lowest BCUT2D eigenvalue weighted by Gasteiger charge is -2.34. The van der Waals surface area contributed by atoms with Crippen LogP contribution in [0.2, 0.25) is 5.02 Å². The first-order valence-corrected chi connectivity index (χ1v) is 15.0. The molecule has 2 heterocycles. The number of rotatable bonds is 8. The fourth-order valence-electron chi connectivity index (χ4n) is 4.29. The van der Waals surface area contributed by atoms with E-state index in [1.807, 2.05) is 25.1 Å². The summed E-state index contributed by atoms with van der Waals surface area (Å²) in [7, 11) is -3.74. The van der Waals surface area contributed by atoms with Crippen molar-refractivity contribution in [2.75, 3.05) is 48.9 Å². The molecule has 1 fully saturated rings. The van der Waals surface area contributed by atoms with E-state index < -0.39 is 10.0 Å². The maximum absolute atomic E-state index is 12.7. The first-order chi connectivity index (χ1) is 18.3. The molecule has 1 amide bonds. The van der Waals surface area contributed by atoms with Crippen molar-refractivity contribution in [2.24, 2.45) is 0 Å². The van der Waals surface area contributed by atoms with Crippen molar-refractivity contribution in [3.8, 4) is 0 Å². The average Bonchev–Trinajstić information content (AvgIpc) is 3.35. The molecule has 0 spiro atoms. The van der Waals surface area contributed by atoms with Crippen molar-refractivity contribution in [2.45, 2.75) is 11.8 Å². The predicted octanol–water partition coefficient (Wildman–Crippen LogP) is 4.61. The monoisotopic (exact) mass is 569 g/mol. The summed E-state index contributed by atoms with van der Waals surface area (Å²) in [5, 5.41) is 4.60. The van der Waals surface area contributed by atoms with Gasteiger partial charge in [0, 0.05) is 50.5 Å². The minimum atomic E-state index is -3.74. The molecular formula is C27H28ClN5O3S2. The summed E-state index contributed by atoms with van der Waals surface area (Å²) >= 11 is 7.93. The van der Waals surface area contributed by atoms with Gasteiger partial charge in [-0.2, -0.15) is 0 Å². The van der Waals surface area contributed by atoms with Crippen molar-refractivity contribution < 1.29 is 13.2 Å². The molecule has 5 rings (SSSR count). The normalized spacial score (nSPS) is 14.5. The number of carbonyl (C=O) groups excluding carboxylic acids is 1. The number of anilines is 2. The maximum Gasteiger partial charge on any atom is 0.261 e. The van der Waals surface area contributed by atoms with E-state index in [0.717, 1.165) is 53.6 Å². The third-order valence-corrected chi connectivity index (χ3v) is 9.21. The fourth-order valence-corrected chi connectivity index (χ4v) is 6.65. The Kier molecular flexibility index (Phi) is 7.85. The number of thiazole rings is 1. The molecular weight excluding hydrogens is 542 g/mol. The van der Waals surface area contributed by atoms with Crippen LogP contribution in [-0.4, -0.2) is 63.5 Å². The number of amides is 1. The number of benzene rings is 3. The molecule has 0 saturated carbocycles. The Morgan fingerprint density at radius 3 is 2.50 bits per heavy atom. The van der Waals surface area contributed by atoms with Crippen LogP contribution in [0.5, 0.6) is 0 Å². The third-order valence-electron chi connectivity index (χ3n) is 6.42. The van der Waals surface area contributed by atoms with Crippen molar-refractivity contribution in [3.63, 3.8) is 0 Å². The van der Waals surface area contributed by atoms with Gasteiger partial charge in [0.2, 0.25) is 0 Å². The van der Waals surface area contributed by atoms with Gasteiger partial charge in [0.1, 0.15) is 5.52 Å². The molecule has 3 aromatic carbocycles. The molecule has 38 heavy (non-hydrogen) atoms. The molecule has 0 atom stereocenters. The van der Waals surface area contributed by atoms with Gasteiger partial charge in [0.25, 0.3) is 15.9 Å². The highest BCUT2D eigenvalue weighted by Gasteiger charge is 2.20. The molecule has 8 nitrogen and oxygen atoms in total. The lowest BCUT2D eigenvalue weighted by Crippen LogP contribution is -2.48. The van der Waals surface area contributed by atoms with Crippen LogP contribution < -0.4 is 14.9 Å². The van der Waals surface area contributed by atoms with Gasteiger partial charge in [0.05, 0.1) is 14.6 Å². The Labute approximate surface area is 231 Å². The Bertz CT molecular complexity index is 1550. The highest BCUT2D eigenvalue weighted by atomic mass is 35.5. The van der Waals surface area contributed by atoms with Crippen LogP contribution in [0.15, 0.2) is 71.6 Å². The topological polar surface area (TPSA) is 94.6 Å². The van der Waals surface area contributed by atoms with Crippen LogP contribution in [0.25, 0.3) is 10.2 Å². The molecule has 198 valence electrons. The minimum Gasteiger partial charge on any atom is -0.351 e. The Balaban J connectivity index is 1.11. The first-order valence-electron chi connectivity index (χ1n) is 12.3. The van der Waals surface area contributed by atoms with E-state index in [1.165, 1.54) is 0 Å². The minimum absolute atomic E-state index is 0.171. The molecule has 4 aromatic rings. The number of fused-ring (bicyclic) bond motifs is 1. The summed E-state index contributed by atoms with van der Waals surface area (Å²) in [6.07, 6.45) is 0. The number of aromatic nitrogens is 1. The Morgan fingerprint density at radius 2 is 1.76 bits per heavy atom. The number of nitrogens with zero attached hydrogens (tertiary/aromatic N) is 3. The van der Waals surface area contributed by atoms with Crippen molar-refractivity contribution >= 4 is 59.9 Å². The second kappa shape index (κ2) is 11.3. The highest BCUT2D eigenvalue weighted by Crippen LogP contribution is 2.33. The second-order valence-electron chi connectivity index (χ2n) is 9.17. The smallest absolute Gasteiger partial charge is 0.261 e. The summed E-state index contributed by atoms with van der Waals surface area (Å²) in [6.45, 7) is 6.57. The molecule has 1 aromatic heterocycles. The Morgan fingerprint density at radius 1 is 1.03 bits per heavy atom. The molecule has 1 aliphatic heterocycles. The molecule has 11 heteroatoms. The van der Waals surface area contributed by atoms with E-state index in [2.05, 4.69) is 19.8 Å². The van der Waals surface area contributed by atoms with E-state index >= 15 is 0 Å². The van der Waals surface area contributed by atoms with Crippen LogP contribution >= 0.6 is 22.9 Å². The van der Waals surface area contributed by atoms with Crippen molar-refractivity contribution in [3.05, 3.63) is 82.9 Å². The number of aryl methyl sites for hydroxylation is 1. The van der Waals surface area contributed by atoms with E-state index in [-0.39, 0.29) is 10.8 Å². The molecule has 0 unspecified atom stereocenters. The van der Waals surface area contributed by atoms with Gasteiger partial charge in [-0.15, -0.1) is 0 Å². The van der Waals surface area contributed by atoms with Crippen LogP contribution in [0.4, 0.5) is 10.8 Å². The zero-order valence-corrected chi connectivity index (χ0v) is 23.2. The number of nitrogens with one attached hydrogen (secondary N) is 2. The molecule has 0 radical (unpaired) electrons. The van der Waals surface area contributed by atoms with Gasteiger partial charge in [-0.05, 0) is 49.4 Å². The van der Waals surface area contributed by atoms with Gasteiger partial charge in [-0.25, -0.2) is 13.4 Å². The van der Waals surface area contributed by atoms with E-state index in [4.69, 9.17) is 16.6 Å². The average molecular weight is 570 g/mol. The zero-order chi connectivity index (χ0) is 26.7. The quantitative estimate of drug-likeness (QED) is 0.322. The zero-order valence-electron chi connectivity index (χ0n) is 20.9. The van der Waals surface area contributed by atoms with Gasteiger partial charge >= 0.3 is 0 Å². The van der Waals surface area contributed by atoms with Gasteiger partial charge in [0.15, 0.2) is 5.13 Å².